The molecule has 3 rings (SSSR count). The van der Waals surface area contributed by atoms with Crippen LogP contribution in [-0.4, -0.2) is 27.0 Å². The van der Waals surface area contributed by atoms with Crippen LogP contribution in [0.1, 0.15) is 43.0 Å². The highest BCUT2D eigenvalue weighted by atomic mass is 35.5. The van der Waals surface area contributed by atoms with E-state index in [1.54, 1.807) is 24.3 Å². The van der Waals surface area contributed by atoms with Crippen LogP contribution in [0.4, 0.5) is 5.69 Å². The molecule has 0 unspecified atom stereocenters. The van der Waals surface area contributed by atoms with Crippen LogP contribution in [0.15, 0.2) is 41.3 Å². The van der Waals surface area contributed by atoms with Gasteiger partial charge in [0, 0.05) is 6.04 Å². The molecule has 0 aliphatic heterocycles. The minimum absolute atomic E-state index is 0.00849. The molecule has 0 spiro atoms. The quantitative estimate of drug-likeness (QED) is 0.622. The Labute approximate surface area is 180 Å². The molecule has 6 nitrogen and oxygen atoms in total. The molecule has 0 atom stereocenters. The molecular weight excluding hydrogens is 435 g/mol. The van der Waals surface area contributed by atoms with Gasteiger partial charge in [0.05, 0.1) is 27.9 Å². The summed E-state index contributed by atoms with van der Waals surface area (Å²) in [6, 6.07) is 9.31. The zero-order valence-electron chi connectivity index (χ0n) is 15.9. The summed E-state index contributed by atoms with van der Waals surface area (Å²) < 4.78 is 33.8. The summed E-state index contributed by atoms with van der Waals surface area (Å²) in [4.78, 5) is 12.6. The molecule has 9 heteroatoms. The predicted molar refractivity (Wildman–Crippen MR) is 115 cm³/mol. The monoisotopic (exact) mass is 456 g/mol. The lowest BCUT2D eigenvalue weighted by Crippen LogP contribution is -2.33. The van der Waals surface area contributed by atoms with E-state index in [0.29, 0.717) is 18.0 Å². The number of nitrogens with one attached hydrogen (secondary N) is 2. The smallest absolute Gasteiger partial charge is 0.257 e. The number of sulfonamides is 1. The molecular formula is C20H22Cl2N2O4S. The first-order chi connectivity index (χ1) is 13.8. The average molecular weight is 457 g/mol. The normalized spacial score (nSPS) is 14.7. The summed E-state index contributed by atoms with van der Waals surface area (Å²) in [7, 11) is -3.88. The number of amides is 1. The lowest BCUT2D eigenvalue weighted by molar-refractivity contribution is 0.102. The second kappa shape index (κ2) is 9.34. The van der Waals surface area contributed by atoms with Crippen LogP contribution in [0.25, 0.3) is 0 Å². The summed E-state index contributed by atoms with van der Waals surface area (Å²) >= 11 is 12.3. The Morgan fingerprint density at radius 2 is 1.83 bits per heavy atom. The standard InChI is InChI=1S/C20H22Cl2N2O4S/c1-2-28-18-10-6-5-9-17(18)23-20(25)14-11-19(16(22)12-15(14)21)29(26,27)24-13-7-3-4-8-13/h5-6,9-13,24H,2-4,7-8H2,1H3,(H,23,25). The van der Waals surface area contributed by atoms with E-state index < -0.39 is 15.9 Å². The maximum absolute atomic E-state index is 12.8. The number of rotatable bonds is 7. The van der Waals surface area contributed by atoms with Gasteiger partial charge >= 0.3 is 0 Å². The van der Waals surface area contributed by atoms with Gasteiger partial charge in [-0.3, -0.25) is 4.79 Å². The van der Waals surface area contributed by atoms with E-state index in [1.165, 1.54) is 12.1 Å². The van der Waals surface area contributed by atoms with Crippen molar-refractivity contribution in [2.75, 3.05) is 11.9 Å². The van der Waals surface area contributed by atoms with E-state index in [4.69, 9.17) is 27.9 Å². The van der Waals surface area contributed by atoms with E-state index in [2.05, 4.69) is 10.0 Å². The van der Waals surface area contributed by atoms with Crippen molar-refractivity contribution < 1.29 is 17.9 Å². The Kier molecular flexibility index (Phi) is 7.05. The van der Waals surface area contributed by atoms with Gasteiger partial charge in [-0.15, -0.1) is 0 Å². The van der Waals surface area contributed by atoms with Crippen molar-refractivity contribution in [2.24, 2.45) is 0 Å². The van der Waals surface area contributed by atoms with Crippen molar-refractivity contribution >= 4 is 44.8 Å². The Morgan fingerprint density at radius 3 is 2.52 bits per heavy atom. The van der Waals surface area contributed by atoms with Crippen LogP contribution in [0, 0.1) is 0 Å². The molecule has 2 aromatic carbocycles. The molecule has 1 aliphatic carbocycles. The molecule has 2 N–H and O–H groups in total. The number of benzene rings is 2. The summed E-state index contributed by atoms with van der Waals surface area (Å²) in [6.07, 6.45) is 3.53. The van der Waals surface area contributed by atoms with Gasteiger partial charge in [-0.1, -0.05) is 48.2 Å². The van der Waals surface area contributed by atoms with Gasteiger partial charge < -0.3 is 10.1 Å². The molecule has 1 fully saturated rings. The van der Waals surface area contributed by atoms with E-state index in [-0.39, 0.29) is 26.5 Å². The number of para-hydroxylation sites is 2. The minimum Gasteiger partial charge on any atom is -0.492 e. The predicted octanol–water partition coefficient (Wildman–Crippen LogP) is 4.87. The first-order valence-electron chi connectivity index (χ1n) is 9.36. The highest BCUT2D eigenvalue weighted by Gasteiger charge is 2.27. The molecule has 0 radical (unpaired) electrons. The zero-order valence-corrected chi connectivity index (χ0v) is 18.2. The summed E-state index contributed by atoms with van der Waals surface area (Å²) in [6.45, 7) is 2.27. The third-order valence-corrected chi connectivity index (χ3v) is 6.97. The number of ether oxygens (including phenoxy) is 1. The molecule has 0 bridgehead atoms. The molecule has 29 heavy (non-hydrogen) atoms. The van der Waals surface area contributed by atoms with Crippen molar-refractivity contribution in [2.45, 2.75) is 43.5 Å². The number of carbonyl (C=O) groups is 1. The van der Waals surface area contributed by atoms with Crippen LogP contribution < -0.4 is 14.8 Å². The van der Waals surface area contributed by atoms with Crippen molar-refractivity contribution in [1.82, 2.24) is 4.72 Å². The van der Waals surface area contributed by atoms with Gasteiger partial charge in [0.2, 0.25) is 10.0 Å². The van der Waals surface area contributed by atoms with Crippen LogP contribution >= 0.6 is 23.2 Å². The maximum atomic E-state index is 12.8. The van der Waals surface area contributed by atoms with Crippen LogP contribution in [-0.2, 0) is 10.0 Å². The second-order valence-electron chi connectivity index (χ2n) is 6.75. The lowest BCUT2D eigenvalue weighted by Gasteiger charge is -2.16. The summed E-state index contributed by atoms with van der Waals surface area (Å²) in [5, 5.41) is 2.74. The number of halogens is 2. The largest absolute Gasteiger partial charge is 0.492 e. The highest BCUT2D eigenvalue weighted by molar-refractivity contribution is 7.89. The summed E-state index contributed by atoms with van der Waals surface area (Å²) in [5.41, 5.74) is 0.466. The molecule has 0 aromatic heterocycles. The SMILES string of the molecule is CCOc1ccccc1NC(=O)c1cc(S(=O)(=O)NC2CCCC2)c(Cl)cc1Cl. The lowest BCUT2D eigenvalue weighted by atomic mass is 10.2. The molecule has 156 valence electrons. The number of anilines is 1. The van der Waals surface area contributed by atoms with Crippen molar-refractivity contribution in [3.05, 3.63) is 52.0 Å². The first kappa shape index (κ1) is 21.9. The van der Waals surface area contributed by atoms with E-state index >= 15 is 0 Å². The summed E-state index contributed by atoms with van der Waals surface area (Å²) in [5.74, 6) is -0.0553. The fourth-order valence-electron chi connectivity index (χ4n) is 3.28. The fourth-order valence-corrected chi connectivity index (χ4v) is 5.44. The van der Waals surface area contributed by atoms with Gasteiger partial charge in [0.1, 0.15) is 10.6 Å². The van der Waals surface area contributed by atoms with Crippen LogP contribution in [0.3, 0.4) is 0 Å². The average Bonchev–Trinajstić information content (AvgIpc) is 3.15. The number of carbonyl (C=O) groups excluding carboxylic acids is 1. The zero-order chi connectivity index (χ0) is 21.0. The van der Waals surface area contributed by atoms with Crippen molar-refractivity contribution in [3.63, 3.8) is 0 Å². The maximum Gasteiger partial charge on any atom is 0.257 e. The topological polar surface area (TPSA) is 84.5 Å². The Hall–Kier alpha value is -1.80. The third-order valence-electron chi connectivity index (χ3n) is 4.67. The van der Waals surface area contributed by atoms with Gasteiger partial charge in [0.25, 0.3) is 5.91 Å². The first-order valence-corrected chi connectivity index (χ1v) is 11.6. The number of hydrogen-bond acceptors (Lipinski definition) is 4. The second-order valence-corrected chi connectivity index (χ2v) is 9.25. The minimum atomic E-state index is -3.88. The van der Waals surface area contributed by atoms with Crippen molar-refractivity contribution in [1.29, 1.82) is 0 Å². The third kappa shape index (κ3) is 5.22. The molecule has 1 amide bonds. The fraction of sp³-hybridized carbons (Fsp3) is 0.350. The van der Waals surface area contributed by atoms with E-state index in [9.17, 15) is 13.2 Å². The van der Waals surface area contributed by atoms with Gasteiger partial charge in [-0.05, 0) is 44.0 Å². The Bertz CT molecular complexity index is 1010. The molecule has 2 aromatic rings. The van der Waals surface area contributed by atoms with Crippen molar-refractivity contribution in [3.8, 4) is 5.75 Å². The molecule has 1 saturated carbocycles. The highest BCUT2D eigenvalue weighted by Crippen LogP contribution is 2.31. The molecule has 0 heterocycles. The number of hydrogen-bond donors (Lipinski definition) is 2. The van der Waals surface area contributed by atoms with Crippen LogP contribution in [0.2, 0.25) is 10.0 Å². The Morgan fingerprint density at radius 1 is 1.14 bits per heavy atom. The van der Waals surface area contributed by atoms with E-state index in [1.807, 2.05) is 6.92 Å². The molecule has 0 saturated heterocycles. The van der Waals surface area contributed by atoms with Gasteiger partial charge in [-0.2, -0.15) is 0 Å². The molecule has 1 aliphatic rings. The van der Waals surface area contributed by atoms with Crippen LogP contribution in [0.5, 0.6) is 5.75 Å². The van der Waals surface area contributed by atoms with E-state index in [0.717, 1.165) is 25.7 Å². The van der Waals surface area contributed by atoms with Gasteiger partial charge in [0.15, 0.2) is 0 Å². The Balaban J connectivity index is 1.90. The van der Waals surface area contributed by atoms with Gasteiger partial charge in [-0.25, -0.2) is 13.1 Å².